The Morgan fingerprint density at radius 3 is 2.68 bits per heavy atom. The number of amides is 1. The molecule has 1 aromatic heterocycles. The molecule has 0 radical (unpaired) electrons. The molecule has 1 atom stereocenters. The van der Waals surface area contributed by atoms with Gasteiger partial charge < -0.3 is 4.90 Å². The molecule has 0 bridgehead atoms. The van der Waals surface area contributed by atoms with Gasteiger partial charge in [0.2, 0.25) is 5.91 Å². The average molecular weight is 261 g/mol. The average Bonchev–Trinajstić information content (AvgIpc) is 2.47. The smallest absolute Gasteiger partial charge is 0.225 e. The monoisotopic (exact) mass is 261 g/mol. The zero-order chi connectivity index (χ0) is 13.7. The van der Waals surface area contributed by atoms with E-state index in [1.165, 1.54) is 5.56 Å². The van der Waals surface area contributed by atoms with Crippen LogP contribution in [0.3, 0.4) is 0 Å². The predicted octanol–water partition coefficient (Wildman–Crippen LogP) is 1.77. The first-order valence-corrected chi connectivity index (χ1v) is 7.10. The normalized spacial score (nSPS) is 18.3. The quantitative estimate of drug-likeness (QED) is 0.829. The molecule has 0 aliphatic carbocycles. The summed E-state index contributed by atoms with van der Waals surface area (Å²) in [5.41, 5.74) is 1.24. The van der Waals surface area contributed by atoms with Gasteiger partial charge in [-0.15, -0.1) is 0 Å². The Kier molecular flexibility index (Phi) is 4.91. The molecule has 0 aromatic carbocycles. The van der Waals surface area contributed by atoms with Crippen LogP contribution in [0.5, 0.6) is 0 Å². The number of piperazine rings is 1. The summed E-state index contributed by atoms with van der Waals surface area (Å²) in [6.07, 6.45) is 4.64. The molecule has 1 aliphatic rings. The van der Waals surface area contributed by atoms with Crippen molar-refractivity contribution in [1.82, 2.24) is 14.8 Å². The fourth-order valence-corrected chi connectivity index (χ4v) is 2.36. The highest BCUT2D eigenvalue weighted by Crippen LogP contribution is 2.12. The van der Waals surface area contributed by atoms with Gasteiger partial charge in [0.1, 0.15) is 0 Å². The van der Waals surface area contributed by atoms with Gasteiger partial charge in [0, 0.05) is 51.0 Å². The molecular weight excluding hydrogens is 238 g/mol. The molecule has 0 saturated carbocycles. The molecule has 2 rings (SSSR count). The van der Waals surface area contributed by atoms with Crippen molar-refractivity contribution < 1.29 is 4.79 Å². The molecule has 0 spiro atoms. The minimum atomic E-state index is 0.157. The summed E-state index contributed by atoms with van der Waals surface area (Å²) in [6.45, 7) is 8.63. The van der Waals surface area contributed by atoms with Crippen molar-refractivity contribution in [2.75, 3.05) is 26.2 Å². The van der Waals surface area contributed by atoms with Gasteiger partial charge in [0.05, 0.1) is 0 Å². The van der Waals surface area contributed by atoms with Crippen LogP contribution in [0, 0.1) is 5.92 Å². The van der Waals surface area contributed by atoms with Crippen LogP contribution in [0.15, 0.2) is 24.5 Å². The van der Waals surface area contributed by atoms with Gasteiger partial charge in [-0.25, -0.2) is 0 Å². The van der Waals surface area contributed by atoms with Crippen LogP contribution in [-0.4, -0.2) is 46.9 Å². The second-order valence-electron chi connectivity index (χ2n) is 5.27. The van der Waals surface area contributed by atoms with E-state index in [4.69, 9.17) is 0 Å². The van der Waals surface area contributed by atoms with E-state index in [-0.39, 0.29) is 5.92 Å². The van der Waals surface area contributed by atoms with Crippen molar-refractivity contribution in [2.24, 2.45) is 5.92 Å². The lowest BCUT2D eigenvalue weighted by Gasteiger charge is -2.35. The summed E-state index contributed by atoms with van der Waals surface area (Å²) >= 11 is 0. The molecule has 0 N–H and O–H groups in total. The van der Waals surface area contributed by atoms with Crippen LogP contribution in [0.1, 0.15) is 25.8 Å². The Morgan fingerprint density at radius 1 is 1.37 bits per heavy atom. The molecular formula is C15H23N3O. The number of hydrogen-bond acceptors (Lipinski definition) is 3. The van der Waals surface area contributed by atoms with Crippen LogP contribution < -0.4 is 0 Å². The van der Waals surface area contributed by atoms with Gasteiger partial charge in [0.15, 0.2) is 0 Å². The van der Waals surface area contributed by atoms with Crippen LogP contribution in [0.25, 0.3) is 0 Å². The van der Waals surface area contributed by atoms with Gasteiger partial charge in [-0.2, -0.15) is 0 Å². The molecule has 1 unspecified atom stereocenters. The topological polar surface area (TPSA) is 36.4 Å². The summed E-state index contributed by atoms with van der Waals surface area (Å²) in [5.74, 6) is 0.466. The fourth-order valence-electron chi connectivity index (χ4n) is 2.36. The van der Waals surface area contributed by atoms with E-state index in [0.717, 1.165) is 39.1 Å². The predicted molar refractivity (Wildman–Crippen MR) is 75.5 cm³/mol. The molecule has 1 aliphatic heterocycles. The summed E-state index contributed by atoms with van der Waals surface area (Å²) < 4.78 is 0. The number of hydrogen-bond donors (Lipinski definition) is 0. The number of nitrogens with zero attached hydrogens (tertiary/aromatic N) is 3. The fraction of sp³-hybridized carbons (Fsp3) is 0.600. The minimum Gasteiger partial charge on any atom is -0.340 e. The van der Waals surface area contributed by atoms with E-state index >= 15 is 0 Å². The lowest BCUT2D eigenvalue weighted by atomic mass is 10.1. The molecule has 1 saturated heterocycles. The first kappa shape index (κ1) is 14.0. The van der Waals surface area contributed by atoms with Crippen molar-refractivity contribution >= 4 is 5.91 Å². The Morgan fingerprint density at radius 2 is 2.11 bits per heavy atom. The van der Waals surface area contributed by atoms with E-state index in [0.29, 0.717) is 5.91 Å². The number of pyridine rings is 1. The van der Waals surface area contributed by atoms with E-state index in [1.54, 1.807) is 6.20 Å². The van der Waals surface area contributed by atoms with E-state index in [9.17, 15) is 4.79 Å². The maximum Gasteiger partial charge on any atom is 0.225 e. The molecule has 19 heavy (non-hydrogen) atoms. The summed E-state index contributed by atoms with van der Waals surface area (Å²) in [5, 5.41) is 0. The lowest BCUT2D eigenvalue weighted by molar-refractivity contribution is -0.136. The van der Waals surface area contributed by atoms with Crippen molar-refractivity contribution in [3.63, 3.8) is 0 Å². The number of aromatic nitrogens is 1. The van der Waals surface area contributed by atoms with Crippen LogP contribution in [-0.2, 0) is 11.3 Å². The maximum absolute atomic E-state index is 12.1. The van der Waals surface area contributed by atoms with Gasteiger partial charge in [-0.1, -0.05) is 19.9 Å². The maximum atomic E-state index is 12.1. The van der Waals surface area contributed by atoms with Crippen molar-refractivity contribution in [3.8, 4) is 0 Å². The second kappa shape index (κ2) is 6.66. The molecule has 4 nitrogen and oxygen atoms in total. The molecule has 1 amide bonds. The largest absolute Gasteiger partial charge is 0.340 e. The summed E-state index contributed by atoms with van der Waals surface area (Å²) in [4.78, 5) is 20.6. The van der Waals surface area contributed by atoms with Crippen LogP contribution in [0.2, 0.25) is 0 Å². The van der Waals surface area contributed by atoms with Crippen molar-refractivity contribution in [3.05, 3.63) is 30.1 Å². The second-order valence-corrected chi connectivity index (χ2v) is 5.27. The highest BCUT2D eigenvalue weighted by Gasteiger charge is 2.23. The Labute approximate surface area is 115 Å². The summed E-state index contributed by atoms with van der Waals surface area (Å²) in [7, 11) is 0. The third kappa shape index (κ3) is 3.77. The van der Waals surface area contributed by atoms with E-state index in [1.807, 2.05) is 24.1 Å². The van der Waals surface area contributed by atoms with Gasteiger partial charge in [0.25, 0.3) is 0 Å². The van der Waals surface area contributed by atoms with Crippen LogP contribution >= 0.6 is 0 Å². The highest BCUT2D eigenvalue weighted by atomic mass is 16.2. The summed E-state index contributed by atoms with van der Waals surface area (Å²) in [6, 6.07) is 4.07. The lowest BCUT2D eigenvalue weighted by Crippen LogP contribution is -2.49. The zero-order valence-corrected chi connectivity index (χ0v) is 11.9. The van der Waals surface area contributed by atoms with Gasteiger partial charge in [-0.3, -0.25) is 14.7 Å². The SMILES string of the molecule is CCC(C)C(=O)N1CCN(Cc2cccnc2)CC1. The zero-order valence-electron chi connectivity index (χ0n) is 11.9. The van der Waals surface area contributed by atoms with E-state index < -0.39 is 0 Å². The molecule has 4 heteroatoms. The number of rotatable bonds is 4. The van der Waals surface area contributed by atoms with Crippen LogP contribution in [0.4, 0.5) is 0 Å². The van der Waals surface area contributed by atoms with Crippen molar-refractivity contribution in [1.29, 1.82) is 0 Å². The number of carbonyl (C=O) groups excluding carboxylic acids is 1. The third-order valence-corrected chi connectivity index (χ3v) is 3.85. The molecule has 2 heterocycles. The standard InChI is InChI=1S/C15H23N3O/c1-3-13(2)15(19)18-9-7-17(8-10-18)12-14-5-4-6-16-11-14/h4-6,11,13H,3,7-10,12H2,1-2H3. The highest BCUT2D eigenvalue weighted by molar-refractivity contribution is 5.78. The molecule has 104 valence electrons. The van der Waals surface area contributed by atoms with Gasteiger partial charge in [-0.05, 0) is 18.1 Å². The first-order chi connectivity index (χ1) is 9.20. The van der Waals surface area contributed by atoms with E-state index in [2.05, 4.69) is 22.9 Å². The van der Waals surface area contributed by atoms with Crippen molar-refractivity contribution in [2.45, 2.75) is 26.8 Å². The third-order valence-electron chi connectivity index (χ3n) is 3.85. The Bertz CT molecular complexity index is 399. The van der Waals surface area contributed by atoms with Gasteiger partial charge >= 0.3 is 0 Å². The Hall–Kier alpha value is -1.42. The molecule has 1 aromatic rings. The first-order valence-electron chi connectivity index (χ1n) is 7.10. The minimum absolute atomic E-state index is 0.157. The molecule has 1 fully saturated rings. The number of carbonyl (C=O) groups is 1. The Balaban J connectivity index is 1.81.